The molecule has 21 heavy (non-hydrogen) atoms. The zero-order valence-electron chi connectivity index (χ0n) is 10.6. The summed E-state index contributed by atoms with van der Waals surface area (Å²) < 4.78 is 43.7. The number of aromatic nitrogens is 2. The smallest absolute Gasteiger partial charge is 0.265 e. The van der Waals surface area contributed by atoms with Crippen LogP contribution in [0.15, 0.2) is 29.3 Å². The van der Waals surface area contributed by atoms with Gasteiger partial charge in [-0.05, 0) is 18.2 Å². The van der Waals surface area contributed by atoms with Crippen molar-refractivity contribution >= 4 is 26.6 Å². The van der Waals surface area contributed by atoms with Crippen LogP contribution in [0.5, 0.6) is 0 Å². The van der Waals surface area contributed by atoms with E-state index in [4.69, 9.17) is 5.11 Å². The molecule has 0 unspecified atom stereocenters. The maximum atomic E-state index is 13.9. The minimum Gasteiger partial charge on any atom is -0.395 e. The van der Waals surface area contributed by atoms with E-state index in [1.54, 1.807) is 0 Å². The minimum atomic E-state index is -4.04. The molecule has 0 saturated carbocycles. The molecule has 110 valence electrons. The van der Waals surface area contributed by atoms with Crippen LogP contribution in [0.1, 0.15) is 12.0 Å². The van der Waals surface area contributed by atoms with E-state index < -0.39 is 20.7 Å². The van der Waals surface area contributed by atoms with Crippen LogP contribution in [0.3, 0.4) is 0 Å². The summed E-state index contributed by atoms with van der Waals surface area (Å²) in [6, 6.07) is 3.56. The number of benzene rings is 1. The van der Waals surface area contributed by atoms with E-state index in [1.165, 1.54) is 12.3 Å². The summed E-state index contributed by atoms with van der Waals surface area (Å²) in [5, 5.41) is 12.3. The summed E-state index contributed by atoms with van der Waals surface area (Å²) in [6.07, 6.45) is 1.50. The molecule has 6 nitrogen and oxygen atoms in total. The lowest BCUT2D eigenvalue weighted by Gasteiger charge is -2.06. The largest absolute Gasteiger partial charge is 0.395 e. The monoisotopic (exact) mass is 327 g/mol. The first-order valence-electron chi connectivity index (χ1n) is 5.72. The SMILES string of the molecule is O=S(=O)(Nc1cnns1)c1ccc(C#CCCO)cc1F. The normalized spacial score (nSPS) is 10.8. The zero-order chi connectivity index (χ0) is 15.3. The molecule has 2 aromatic rings. The van der Waals surface area contributed by atoms with Crippen molar-refractivity contribution in [1.82, 2.24) is 9.59 Å². The summed E-state index contributed by atoms with van der Waals surface area (Å²) in [6.45, 7) is -0.0885. The number of aliphatic hydroxyl groups excluding tert-OH is 1. The highest BCUT2D eigenvalue weighted by atomic mass is 32.2. The molecule has 1 heterocycles. The molecular formula is C12H10FN3O3S2. The van der Waals surface area contributed by atoms with Crippen LogP contribution in [-0.2, 0) is 10.0 Å². The van der Waals surface area contributed by atoms with Crippen molar-refractivity contribution in [3.05, 3.63) is 35.8 Å². The number of nitrogens with one attached hydrogen (secondary N) is 1. The van der Waals surface area contributed by atoms with Gasteiger partial charge < -0.3 is 5.11 Å². The molecule has 0 radical (unpaired) electrons. The van der Waals surface area contributed by atoms with Crippen molar-refractivity contribution in [2.45, 2.75) is 11.3 Å². The van der Waals surface area contributed by atoms with E-state index >= 15 is 0 Å². The van der Waals surface area contributed by atoms with Gasteiger partial charge in [0.1, 0.15) is 15.7 Å². The number of anilines is 1. The van der Waals surface area contributed by atoms with Gasteiger partial charge in [0.25, 0.3) is 10.0 Å². The second-order valence-corrected chi connectivity index (χ2v) is 6.24. The highest BCUT2D eigenvalue weighted by Crippen LogP contribution is 2.20. The molecule has 1 aromatic heterocycles. The number of aliphatic hydroxyl groups is 1. The summed E-state index contributed by atoms with van der Waals surface area (Å²) in [7, 11) is -4.04. The van der Waals surface area contributed by atoms with Crippen LogP contribution in [0.2, 0.25) is 0 Å². The van der Waals surface area contributed by atoms with Crippen LogP contribution >= 0.6 is 11.5 Å². The summed E-state index contributed by atoms with van der Waals surface area (Å²) in [5.41, 5.74) is 0.333. The van der Waals surface area contributed by atoms with E-state index in [-0.39, 0.29) is 18.0 Å². The van der Waals surface area contributed by atoms with E-state index in [2.05, 4.69) is 26.1 Å². The average molecular weight is 327 g/mol. The third-order valence-corrected chi connectivity index (χ3v) is 4.40. The fourth-order valence-corrected chi connectivity index (χ4v) is 3.16. The molecule has 0 atom stereocenters. The van der Waals surface area contributed by atoms with E-state index in [9.17, 15) is 12.8 Å². The quantitative estimate of drug-likeness (QED) is 0.824. The van der Waals surface area contributed by atoms with Crippen molar-refractivity contribution in [2.24, 2.45) is 0 Å². The van der Waals surface area contributed by atoms with Gasteiger partial charge in [-0.2, -0.15) is 0 Å². The van der Waals surface area contributed by atoms with Crippen molar-refractivity contribution in [2.75, 3.05) is 11.3 Å². The molecule has 2 N–H and O–H groups in total. The summed E-state index contributed by atoms with van der Waals surface area (Å²) >= 11 is 0.847. The molecule has 0 fully saturated rings. The maximum Gasteiger partial charge on any atom is 0.265 e. The van der Waals surface area contributed by atoms with Crippen LogP contribution in [0.4, 0.5) is 9.39 Å². The standard InChI is InChI=1S/C12H10FN3O3S2/c13-10-7-9(3-1-2-6-17)4-5-11(10)21(18,19)15-12-8-14-16-20-12/h4-5,7-8,15,17H,2,6H2. The van der Waals surface area contributed by atoms with Crippen LogP contribution < -0.4 is 4.72 Å². The summed E-state index contributed by atoms with van der Waals surface area (Å²) in [5.74, 6) is 4.35. The zero-order valence-corrected chi connectivity index (χ0v) is 12.2. The number of hydrogen-bond acceptors (Lipinski definition) is 6. The predicted octanol–water partition coefficient (Wildman–Crippen LogP) is 1.21. The average Bonchev–Trinajstić information content (AvgIpc) is 2.91. The van der Waals surface area contributed by atoms with Crippen molar-refractivity contribution in [1.29, 1.82) is 0 Å². The molecule has 2 rings (SSSR count). The first kappa shape index (κ1) is 15.4. The molecule has 1 aromatic carbocycles. The Bertz CT molecular complexity index is 780. The Labute approximate surface area is 124 Å². The number of rotatable bonds is 4. The first-order chi connectivity index (χ1) is 10.0. The van der Waals surface area contributed by atoms with Gasteiger partial charge in [0.05, 0.1) is 12.8 Å². The van der Waals surface area contributed by atoms with E-state index in [0.717, 1.165) is 23.7 Å². The Balaban J connectivity index is 2.26. The Kier molecular flexibility index (Phi) is 4.85. The minimum absolute atomic E-state index is 0.0885. The van der Waals surface area contributed by atoms with E-state index in [0.29, 0.717) is 5.56 Å². The molecule has 0 saturated heterocycles. The lowest BCUT2D eigenvalue weighted by atomic mass is 10.2. The molecule has 0 spiro atoms. The molecule has 0 amide bonds. The van der Waals surface area contributed by atoms with Crippen LogP contribution in [0, 0.1) is 17.7 Å². The maximum absolute atomic E-state index is 13.9. The van der Waals surface area contributed by atoms with E-state index in [1.807, 2.05) is 0 Å². The topological polar surface area (TPSA) is 92.2 Å². The van der Waals surface area contributed by atoms with Gasteiger partial charge in [-0.3, -0.25) is 4.72 Å². The number of sulfonamides is 1. The Morgan fingerprint density at radius 1 is 1.43 bits per heavy atom. The third-order valence-electron chi connectivity index (χ3n) is 2.29. The van der Waals surface area contributed by atoms with Crippen molar-refractivity contribution in [3.63, 3.8) is 0 Å². The number of halogens is 1. The second kappa shape index (κ2) is 6.62. The lowest BCUT2D eigenvalue weighted by molar-refractivity contribution is 0.305. The van der Waals surface area contributed by atoms with Gasteiger partial charge in [0.15, 0.2) is 0 Å². The highest BCUT2D eigenvalue weighted by Gasteiger charge is 2.20. The second-order valence-electron chi connectivity index (χ2n) is 3.81. The van der Waals surface area contributed by atoms with Crippen LogP contribution in [0.25, 0.3) is 0 Å². The van der Waals surface area contributed by atoms with Crippen molar-refractivity contribution in [3.8, 4) is 11.8 Å². The fourth-order valence-electron chi connectivity index (χ4n) is 1.42. The predicted molar refractivity (Wildman–Crippen MR) is 75.7 cm³/mol. The Morgan fingerprint density at radius 2 is 2.24 bits per heavy atom. The molecule has 0 aliphatic carbocycles. The van der Waals surface area contributed by atoms with Gasteiger partial charge in [0, 0.05) is 23.5 Å². The molecule has 0 bridgehead atoms. The Hall–Kier alpha value is -2.02. The van der Waals surface area contributed by atoms with Crippen LogP contribution in [-0.4, -0.2) is 29.7 Å². The third kappa shape index (κ3) is 3.98. The van der Waals surface area contributed by atoms with Crippen molar-refractivity contribution < 1.29 is 17.9 Å². The summed E-state index contributed by atoms with van der Waals surface area (Å²) in [4.78, 5) is -0.483. The van der Waals surface area contributed by atoms with Gasteiger partial charge in [-0.25, -0.2) is 12.8 Å². The first-order valence-corrected chi connectivity index (χ1v) is 7.98. The number of nitrogens with zero attached hydrogens (tertiary/aromatic N) is 2. The number of hydrogen-bond donors (Lipinski definition) is 2. The fraction of sp³-hybridized carbons (Fsp3) is 0.167. The molecule has 9 heteroatoms. The van der Waals surface area contributed by atoms with Gasteiger partial charge in [-0.1, -0.05) is 16.3 Å². The molecular weight excluding hydrogens is 317 g/mol. The molecule has 0 aliphatic rings. The molecule has 0 aliphatic heterocycles. The van der Waals surface area contributed by atoms with Gasteiger partial charge >= 0.3 is 0 Å². The Morgan fingerprint density at radius 3 is 2.86 bits per heavy atom. The van der Waals surface area contributed by atoms with Gasteiger partial charge in [0.2, 0.25) is 0 Å². The highest BCUT2D eigenvalue weighted by molar-refractivity contribution is 7.93. The lowest BCUT2D eigenvalue weighted by Crippen LogP contribution is -2.13. The van der Waals surface area contributed by atoms with Gasteiger partial charge in [-0.15, -0.1) is 5.10 Å².